The van der Waals surface area contributed by atoms with E-state index in [1.165, 1.54) is 6.08 Å². The van der Waals surface area contributed by atoms with Crippen LogP contribution in [0, 0.1) is 17.8 Å². The van der Waals surface area contributed by atoms with Crippen molar-refractivity contribution in [3.8, 4) is 0 Å². The molecule has 3 saturated carbocycles. The van der Waals surface area contributed by atoms with E-state index >= 15 is 0 Å². The molecule has 0 bridgehead atoms. The second kappa shape index (κ2) is 18.6. The number of hydrogen-bond donors (Lipinski definition) is 12. The number of aliphatic hydroxyl groups is 12. The van der Waals surface area contributed by atoms with Crippen molar-refractivity contribution in [1.82, 2.24) is 0 Å². The highest BCUT2D eigenvalue weighted by molar-refractivity contribution is 5.81. The lowest BCUT2D eigenvalue weighted by atomic mass is 9.72. The Labute approximate surface area is 317 Å². The van der Waals surface area contributed by atoms with E-state index in [0.29, 0.717) is 25.7 Å². The molecule has 3 aliphatic carbocycles. The van der Waals surface area contributed by atoms with E-state index in [4.69, 9.17) is 28.4 Å². The molecule has 18 unspecified atom stereocenters. The molecule has 3 aliphatic heterocycles. The van der Waals surface area contributed by atoms with Crippen LogP contribution in [0.4, 0.5) is 0 Å². The summed E-state index contributed by atoms with van der Waals surface area (Å²) in [5, 5.41) is 126. The van der Waals surface area contributed by atoms with Crippen molar-refractivity contribution in [2.45, 2.75) is 174 Å². The molecular formula is C36H58O19. The number of rotatable bonds is 10. The minimum Gasteiger partial charge on any atom is -0.460 e. The lowest BCUT2D eigenvalue weighted by Crippen LogP contribution is -2.63. The van der Waals surface area contributed by atoms with Crippen molar-refractivity contribution in [3.05, 3.63) is 12.2 Å². The number of ether oxygens (including phenoxy) is 6. The fourth-order valence-electron chi connectivity index (χ4n) is 9.01. The highest BCUT2D eigenvalue weighted by atomic mass is 16.7. The Hall–Kier alpha value is -1.47. The zero-order valence-electron chi connectivity index (χ0n) is 30.4. The van der Waals surface area contributed by atoms with Gasteiger partial charge in [-0.1, -0.05) is 6.08 Å². The molecule has 6 aliphatic rings. The van der Waals surface area contributed by atoms with Gasteiger partial charge in [0.1, 0.15) is 61.5 Å². The minimum atomic E-state index is -1.81. The number of esters is 1. The first-order valence-corrected chi connectivity index (χ1v) is 19.4. The molecule has 12 N–H and O–H groups in total. The Balaban J connectivity index is 1.18. The average Bonchev–Trinajstić information content (AvgIpc) is 3.16. The molecule has 0 spiro atoms. The number of allylic oxidation sites excluding steroid dienone is 1. The monoisotopic (exact) mass is 794 g/mol. The van der Waals surface area contributed by atoms with E-state index in [1.54, 1.807) is 6.08 Å². The number of hydrogen-bond acceptors (Lipinski definition) is 19. The molecule has 55 heavy (non-hydrogen) atoms. The number of carbonyl (C=O) groups is 1. The molecule has 316 valence electrons. The summed E-state index contributed by atoms with van der Waals surface area (Å²) in [6.07, 6.45) is -19.3. The van der Waals surface area contributed by atoms with Crippen LogP contribution in [-0.2, 0) is 33.2 Å². The SMILES string of the molecule is O=C(C=CC1CCC(O)CC1)OCC1OC(OC2CC3C(OC4OC(CO)C(O)C(O)C4O)CC(O)CC3OC2C2CC(O)C(O)C(O)C2)C(O)C(O)C1O. The summed E-state index contributed by atoms with van der Waals surface area (Å²) in [7, 11) is 0. The second-order valence-corrected chi connectivity index (χ2v) is 16.1. The molecule has 19 nitrogen and oxygen atoms in total. The van der Waals surface area contributed by atoms with Crippen LogP contribution in [0.5, 0.6) is 0 Å². The standard InChI is InChI=1S/C36H58O19/c37-12-24-28(44)30(46)32(48)35(54-24)52-22-10-17(39)9-21-18(22)11-23(34(51-21)15-7-19(40)27(43)20(41)8-15)53-36-33(49)31(47)29(45)25(55-36)13-50-26(42)6-3-14-1-4-16(38)5-2-14/h3,6,14-25,27-41,43-49H,1-2,4-5,7-13H2. The van der Waals surface area contributed by atoms with E-state index in [-0.39, 0.29) is 44.1 Å². The first-order valence-electron chi connectivity index (χ1n) is 19.4. The van der Waals surface area contributed by atoms with E-state index in [9.17, 15) is 66.1 Å². The van der Waals surface area contributed by atoms with Crippen LogP contribution in [0.3, 0.4) is 0 Å². The second-order valence-electron chi connectivity index (χ2n) is 16.1. The van der Waals surface area contributed by atoms with Gasteiger partial charge in [-0.3, -0.25) is 0 Å². The van der Waals surface area contributed by atoms with E-state index in [0.717, 1.165) is 0 Å². The van der Waals surface area contributed by atoms with Gasteiger partial charge in [-0.15, -0.1) is 0 Å². The third-order valence-corrected chi connectivity index (χ3v) is 12.3. The summed E-state index contributed by atoms with van der Waals surface area (Å²) < 4.78 is 35.7. The number of aliphatic hydroxyl groups excluding tert-OH is 12. The largest absolute Gasteiger partial charge is 0.460 e. The van der Waals surface area contributed by atoms with Gasteiger partial charge in [0.15, 0.2) is 12.6 Å². The fraction of sp³-hybridized carbons (Fsp3) is 0.917. The third kappa shape index (κ3) is 9.88. The maximum Gasteiger partial charge on any atom is 0.330 e. The van der Waals surface area contributed by atoms with Crippen LogP contribution in [-0.4, -0.2) is 197 Å². The summed E-state index contributed by atoms with van der Waals surface area (Å²) in [6.45, 7) is -1.20. The van der Waals surface area contributed by atoms with Gasteiger partial charge in [-0.05, 0) is 63.2 Å². The topological polar surface area (TPSA) is 315 Å². The molecular weight excluding hydrogens is 736 g/mol. The third-order valence-electron chi connectivity index (χ3n) is 12.3. The van der Waals surface area contributed by atoms with Crippen LogP contribution < -0.4 is 0 Å². The van der Waals surface area contributed by atoms with Crippen molar-refractivity contribution in [2.24, 2.45) is 17.8 Å². The number of fused-ring (bicyclic) bond motifs is 1. The van der Waals surface area contributed by atoms with Crippen molar-refractivity contribution in [1.29, 1.82) is 0 Å². The Morgan fingerprint density at radius 2 is 1.18 bits per heavy atom. The predicted octanol–water partition coefficient (Wildman–Crippen LogP) is -4.56. The molecule has 6 rings (SSSR count). The van der Waals surface area contributed by atoms with Gasteiger partial charge in [-0.25, -0.2) is 4.79 Å². The Kier molecular flexibility index (Phi) is 14.6. The Morgan fingerprint density at radius 1 is 0.600 bits per heavy atom. The van der Waals surface area contributed by atoms with Crippen LogP contribution in [0.25, 0.3) is 0 Å². The first-order chi connectivity index (χ1) is 26.1. The van der Waals surface area contributed by atoms with Crippen molar-refractivity contribution >= 4 is 5.97 Å². The first kappa shape index (κ1) is 43.1. The van der Waals surface area contributed by atoms with Crippen molar-refractivity contribution < 1.29 is 94.5 Å². The minimum absolute atomic E-state index is 0.0159. The van der Waals surface area contributed by atoms with E-state index in [1.807, 2.05) is 0 Å². The van der Waals surface area contributed by atoms with Gasteiger partial charge >= 0.3 is 5.97 Å². The van der Waals surface area contributed by atoms with Gasteiger partial charge in [0, 0.05) is 18.4 Å². The maximum absolute atomic E-state index is 12.6. The quantitative estimate of drug-likeness (QED) is 0.0732. The average molecular weight is 795 g/mol. The van der Waals surface area contributed by atoms with Crippen LogP contribution >= 0.6 is 0 Å². The van der Waals surface area contributed by atoms with Gasteiger partial charge in [0.25, 0.3) is 0 Å². The number of carbonyl (C=O) groups excluding carboxylic acids is 1. The summed E-state index contributed by atoms with van der Waals surface area (Å²) in [5.41, 5.74) is 0. The highest BCUT2D eigenvalue weighted by Gasteiger charge is 2.54. The summed E-state index contributed by atoms with van der Waals surface area (Å²) >= 11 is 0. The maximum atomic E-state index is 12.6. The van der Waals surface area contributed by atoms with Crippen LogP contribution in [0.1, 0.15) is 57.8 Å². The van der Waals surface area contributed by atoms with Crippen LogP contribution in [0.15, 0.2) is 12.2 Å². The normalized spacial score (nSPS) is 51.1. The molecule has 19 heteroatoms. The van der Waals surface area contributed by atoms with Crippen molar-refractivity contribution in [2.75, 3.05) is 13.2 Å². The Bertz CT molecular complexity index is 1250. The van der Waals surface area contributed by atoms with E-state index < -0.39 is 141 Å². The van der Waals surface area contributed by atoms with Crippen LogP contribution in [0.2, 0.25) is 0 Å². The van der Waals surface area contributed by atoms with Gasteiger partial charge < -0.3 is 89.7 Å². The molecule has 6 fully saturated rings. The lowest BCUT2D eigenvalue weighted by molar-refractivity contribution is -0.345. The Morgan fingerprint density at radius 3 is 1.80 bits per heavy atom. The molecule has 0 aromatic heterocycles. The summed E-state index contributed by atoms with van der Waals surface area (Å²) in [4.78, 5) is 12.6. The summed E-state index contributed by atoms with van der Waals surface area (Å²) in [5.74, 6) is -1.88. The predicted molar refractivity (Wildman–Crippen MR) is 181 cm³/mol. The smallest absolute Gasteiger partial charge is 0.330 e. The van der Waals surface area contributed by atoms with Gasteiger partial charge in [0.2, 0.25) is 0 Å². The molecule has 3 heterocycles. The summed E-state index contributed by atoms with van der Waals surface area (Å²) in [6, 6.07) is 0. The molecule has 3 saturated heterocycles. The van der Waals surface area contributed by atoms with Gasteiger partial charge in [-0.2, -0.15) is 0 Å². The van der Waals surface area contributed by atoms with Crippen molar-refractivity contribution in [3.63, 3.8) is 0 Å². The van der Waals surface area contributed by atoms with Gasteiger partial charge in [0.05, 0.1) is 55.4 Å². The zero-order valence-corrected chi connectivity index (χ0v) is 30.4. The molecule has 0 aromatic carbocycles. The van der Waals surface area contributed by atoms with E-state index in [2.05, 4.69) is 0 Å². The lowest BCUT2D eigenvalue weighted by Gasteiger charge is -2.52. The molecule has 18 atom stereocenters. The zero-order chi connectivity index (χ0) is 39.7. The molecule has 0 amide bonds. The fourth-order valence-corrected chi connectivity index (χ4v) is 9.01. The highest BCUT2D eigenvalue weighted by Crippen LogP contribution is 2.45. The molecule has 0 radical (unpaired) electrons. The molecule has 0 aromatic rings.